The first-order valence-electron chi connectivity index (χ1n) is 5.72. The molecule has 1 amide bonds. The normalized spacial score (nSPS) is 10.4. The number of halogens is 2. The average molecular weight is 315 g/mol. The van der Waals surface area contributed by atoms with Crippen molar-refractivity contribution in [2.75, 3.05) is 11.2 Å². The van der Waals surface area contributed by atoms with Gasteiger partial charge in [0, 0.05) is 34.8 Å². The number of hydrogen-bond acceptors (Lipinski definition) is 3. The van der Waals surface area contributed by atoms with Crippen molar-refractivity contribution in [1.82, 2.24) is 4.98 Å². The molecule has 1 heterocycles. The number of nitrogens with one attached hydrogen (secondary N) is 1. The fourth-order valence-electron chi connectivity index (χ4n) is 1.56. The van der Waals surface area contributed by atoms with E-state index in [0.29, 0.717) is 17.4 Å². The van der Waals surface area contributed by atoms with Gasteiger partial charge in [-0.15, -0.1) is 22.9 Å². The highest BCUT2D eigenvalue weighted by molar-refractivity contribution is 7.15. The van der Waals surface area contributed by atoms with E-state index in [4.69, 9.17) is 23.2 Å². The van der Waals surface area contributed by atoms with Gasteiger partial charge in [0.2, 0.25) is 5.91 Å². The molecule has 19 heavy (non-hydrogen) atoms. The summed E-state index contributed by atoms with van der Waals surface area (Å²) in [5, 5.41) is 4.04. The SMILES string of the molecule is O=C(CCCl)Nc1ncc(Cc2cccc(Cl)c2)s1. The second-order valence-corrected chi connectivity index (χ2v) is 5.86. The Bertz CT molecular complexity index is 571. The molecule has 0 bridgehead atoms. The highest BCUT2D eigenvalue weighted by Crippen LogP contribution is 2.22. The Kier molecular flexibility index (Phi) is 5.19. The van der Waals surface area contributed by atoms with Crippen molar-refractivity contribution in [3.8, 4) is 0 Å². The molecule has 0 aliphatic carbocycles. The number of amides is 1. The third kappa shape index (κ3) is 4.49. The van der Waals surface area contributed by atoms with Crippen LogP contribution in [0.5, 0.6) is 0 Å². The highest BCUT2D eigenvalue weighted by Gasteiger charge is 2.07. The molecule has 100 valence electrons. The molecule has 0 spiro atoms. The second-order valence-electron chi connectivity index (χ2n) is 3.93. The van der Waals surface area contributed by atoms with Gasteiger partial charge in [-0.3, -0.25) is 4.79 Å². The molecule has 0 unspecified atom stereocenters. The van der Waals surface area contributed by atoms with Gasteiger partial charge in [-0.05, 0) is 17.7 Å². The van der Waals surface area contributed by atoms with Crippen molar-refractivity contribution >= 4 is 45.6 Å². The average Bonchev–Trinajstić information content (AvgIpc) is 2.76. The Morgan fingerprint density at radius 2 is 2.26 bits per heavy atom. The maximum Gasteiger partial charge on any atom is 0.227 e. The van der Waals surface area contributed by atoms with Crippen LogP contribution in [0.2, 0.25) is 5.02 Å². The molecule has 0 aliphatic heterocycles. The Morgan fingerprint density at radius 1 is 1.42 bits per heavy atom. The van der Waals surface area contributed by atoms with Crippen LogP contribution in [0.3, 0.4) is 0 Å². The molecule has 2 aromatic rings. The second kappa shape index (κ2) is 6.89. The number of carbonyl (C=O) groups is 1. The summed E-state index contributed by atoms with van der Waals surface area (Å²) in [5.74, 6) is 0.200. The maximum atomic E-state index is 11.4. The van der Waals surface area contributed by atoms with E-state index in [1.54, 1.807) is 6.20 Å². The van der Waals surface area contributed by atoms with E-state index in [0.717, 1.165) is 21.9 Å². The fraction of sp³-hybridized carbons (Fsp3) is 0.231. The lowest BCUT2D eigenvalue weighted by Gasteiger charge is -1.99. The van der Waals surface area contributed by atoms with Crippen molar-refractivity contribution in [2.24, 2.45) is 0 Å². The Labute approximate surface area is 125 Å². The lowest BCUT2D eigenvalue weighted by molar-refractivity contribution is -0.115. The molecule has 6 heteroatoms. The van der Waals surface area contributed by atoms with Gasteiger partial charge in [-0.2, -0.15) is 0 Å². The standard InChI is InChI=1S/C13H12Cl2N2OS/c14-5-4-12(18)17-13-16-8-11(19-13)7-9-2-1-3-10(15)6-9/h1-3,6,8H,4-5,7H2,(H,16,17,18). The van der Waals surface area contributed by atoms with Crippen molar-refractivity contribution < 1.29 is 4.79 Å². The van der Waals surface area contributed by atoms with Gasteiger partial charge in [-0.1, -0.05) is 23.7 Å². The predicted octanol–water partition coefficient (Wildman–Crippen LogP) is 3.95. The van der Waals surface area contributed by atoms with Crippen LogP contribution in [0.4, 0.5) is 5.13 Å². The zero-order valence-corrected chi connectivity index (χ0v) is 12.4. The van der Waals surface area contributed by atoms with Crippen LogP contribution in [0.25, 0.3) is 0 Å². The van der Waals surface area contributed by atoms with Crippen molar-refractivity contribution in [1.29, 1.82) is 0 Å². The van der Waals surface area contributed by atoms with Crippen LogP contribution < -0.4 is 5.32 Å². The van der Waals surface area contributed by atoms with Crippen LogP contribution in [0.15, 0.2) is 30.5 Å². The summed E-state index contributed by atoms with van der Waals surface area (Å²) in [7, 11) is 0. The number of nitrogens with zero attached hydrogens (tertiary/aromatic N) is 1. The molecule has 1 aromatic carbocycles. The van der Waals surface area contributed by atoms with E-state index in [1.807, 2.05) is 24.3 Å². The third-order valence-corrected chi connectivity index (χ3v) is 3.73. The molecule has 1 N–H and O–H groups in total. The molecular weight excluding hydrogens is 303 g/mol. The first kappa shape index (κ1) is 14.3. The summed E-state index contributed by atoms with van der Waals surface area (Å²) < 4.78 is 0. The zero-order valence-electron chi connectivity index (χ0n) is 10.0. The number of rotatable bonds is 5. The lowest BCUT2D eigenvalue weighted by atomic mass is 10.1. The van der Waals surface area contributed by atoms with Gasteiger partial charge in [0.25, 0.3) is 0 Å². The summed E-state index contributed by atoms with van der Waals surface area (Å²) in [4.78, 5) is 16.6. The van der Waals surface area contributed by atoms with Crippen molar-refractivity contribution in [2.45, 2.75) is 12.8 Å². The molecule has 2 rings (SSSR count). The number of aromatic nitrogens is 1. The van der Waals surface area contributed by atoms with E-state index in [-0.39, 0.29) is 5.91 Å². The Balaban J connectivity index is 1.99. The van der Waals surface area contributed by atoms with Crippen LogP contribution in [-0.2, 0) is 11.2 Å². The van der Waals surface area contributed by atoms with E-state index in [2.05, 4.69) is 10.3 Å². The van der Waals surface area contributed by atoms with E-state index >= 15 is 0 Å². The maximum absolute atomic E-state index is 11.4. The summed E-state index contributed by atoms with van der Waals surface area (Å²) >= 11 is 12.9. The van der Waals surface area contributed by atoms with E-state index < -0.39 is 0 Å². The first-order chi connectivity index (χ1) is 9.17. The molecule has 0 fully saturated rings. The molecule has 0 radical (unpaired) electrons. The molecule has 0 atom stereocenters. The van der Waals surface area contributed by atoms with Crippen molar-refractivity contribution in [3.05, 3.63) is 45.9 Å². The van der Waals surface area contributed by atoms with E-state index in [1.165, 1.54) is 11.3 Å². The number of anilines is 1. The van der Waals surface area contributed by atoms with Gasteiger partial charge in [0.05, 0.1) is 0 Å². The lowest BCUT2D eigenvalue weighted by Crippen LogP contribution is -2.11. The molecule has 3 nitrogen and oxygen atoms in total. The van der Waals surface area contributed by atoms with Gasteiger partial charge >= 0.3 is 0 Å². The Morgan fingerprint density at radius 3 is 3.00 bits per heavy atom. The van der Waals surface area contributed by atoms with Crippen LogP contribution in [0, 0.1) is 0 Å². The first-order valence-corrected chi connectivity index (χ1v) is 7.45. The van der Waals surface area contributed by atoms with E-state index in [9.17, 15) is 4.79 Å². The minimum absolute atomic E-state index is 0.112. The predicted molar refractivity (Wildman–Crippen MR) is 80.3 cm³/mol. The zero-order chi connectivity index (χ0) is 13.7. The summed E-state index contributed by atoms with van der Waals surface area (Å²) in [5.41, 5.74) is 1.12. The van der Waals surface area contributed by atoms with Crippen LogP contribution >= 0.6 is 34.5 Å². The van der Waals surface area contributed by atoms with Gasteiger partial charge in [-0.25, -0.2) is 4.98 Å². The summed E-state index contributed by atoms with van der Waals surface area (Å²) in [6.45, 7) is 0. The molecule has 0 saturated heterocycles. The monoisotopic (exact) mass is 314 g/mol. The summed E-state index contributed by atoms with van der Waals surface area (Å²) in [6.07, 6.45) is 2.82. The Hall–Kier alpha value is -1.10. The topological polar surface area (TPSA) is 42.0 Å². The van der Waals surface area contributed by atoms with Gasteiger partial charge in [0.1, 0.15) is 0 Å². The summed E-state index contributed by atoms with van der Waals surface area (Å²) in [6, 6.07) is 7.70. The molecular formula is C13H12Cl2N2OS. The third-order valence-electron chi connectivity index (χ3n) is 2.39. The quantitative estimate of drug-likeness (QED) is 0.849. The minimum Gasteiger partial charge on any atom is -0.302 e. The van der Waals surface area contributed by atoms with Crippen molar-refractivity contribution in [3.63, 3.8) is 0 Å². The minimum atomic E-state index is -0.112. The highest BCUT2D eigenvalue weighted by atomic mass is 35.5. The molecule has 0 saturated carbocycles. The van der Waals surface area contributed by atoms with Gasteiger partial charge in [0.15, 0.2) is 5.13 Å². The number of hydrogen-bond donors (Lipinski definition) is 1. The number of carbonyl (C=O) groups excluding carboxylic acids is 1. The molecule has 1 aromatic heterocycles. The smallest absolute Gasteiger partial charge is 0.227 e. The largest absolute Gasteiger partial charge is 0.302 e. The molecule has 0 aliphatic rings. The number of alkyl halides is 1. The number of benzene rings is 1. The fourth-order valence-corrected chi connectivity index (χ4v) is 2.81. The van der Waals surface area contributed by atoms with Crippen LogP contribution in [0.1, 0.15) is 16.9 Å². The van der Waals surface area contributed by atoms with Crippen LogP contribution in [-0.4, -0.2) is 16.8 Å². The number of thiazole rings is 1. The van der Waals surface area contributed by atoms with Gasteiger partial charge < -0.3 is 5.32 Å².